The highest BCUT2D eigenvalue weighted by Crippen LogP contribution is 2.17. The number of aromatic nitrogens is 3. The minimum Gasteiger partial charge on any atom is -0.278 e. The quantitative estimate of drug-likeness (QED) is 0.808. The molecule has 0 unspecified atom stereocenters. The van der Waals surface area contributed by atoms with Gasteiger partial charge in [-0.05, 0) is 23.3 Å². The van der Waals surface area contributed by atoms with Crippen molar-refractivity contribution < 1.29 is 0 Å². The molecular formula is C15H19N3OS. The van der Waals surface area contributed by atoms with Crippen molar-refractivity contribution in [2.75, 3.05) is 11.5 Å². The Hall–Kier alpha value is -1.49. The van der Waals surface area contributed by atoms with Crippen molar-refractivity contribution in [3.8, 4) is 0 Å². The molecule has 0 atom stereocenters. The van der Waals surface area contributed by atoms with Crippen LogP contribution in [0.2, 0.25) is 0 Å². The maximum atomic E-state index is 12.4. The Labute approximate surface area is 122 Å². The van der Waals surface area contributed by atoms with Crippen molar-refractivity contribution in [3.63, 3.8) is 0 Å². The van der Waals surface area contributed by atoms with Gasteiger partial charge in [-0.1, -0.05) is 31.2 Å². The van der Waals surface area contributed by atoms with E-state index in [9.17, 15) is 4.79 Å². The van der Waals surface area contributed by atoms with E-state index in [0.717, 1.165) is 36.7 Å². The summed E-state index contributed by atoms with van der Waals surface area (Å²) in [6.45, 7) is 3.58. The first-order chi connectivity index (χ1) is 9.79. The van der Waals surface area contributed by atoms with Crippen molar-refractivity contribution >= 4 is 11.8 Å². The summed E-state index contributed by atoms with van der Waals surface area (Å²) in [5, 5.41) is 4.53. The number of rotatable bonds is 4. The number of nitrogens with zero attached hydrogens (tertiary/aromatic N) is 3. The van der Waals surface area contributed by atoms with Crippen LogP contribution in [0.4, 0.5) is 0 Å². The Morgan fingerprint density at radius 1 is 1.30 bits per heavy atom. The molecule has 20 heavy (non-hydrogen) atoms. The fraction of sp³-hybridized carbons (Fsp3) is 0.467. The predicted octanol–water partition coefficient (Wildman–Crippen LogP) is 1.94. The summed E-state index contributed by atoms with van der Waals surface area (Å²) < 4.78 is 3.47. The molecule has 0 bridgehead atoms. The van der Waals surface area contributed by atoms with Crippen molar-refractivity contribution in [2.24, 2.45) is 0 Å². The summed E-state index contributed by atoms with van der Waals surface area (Å²) in [4.78, 5) is 12.4. The van der Waals surface area contributed by atoms with Gasteiger partial charge in [0.1, 0.15) is 5.82 Å². The lowest BCUT2D eigenvalue weighted by Crippen LogP contribution is -2.26. The van der Waals surface area contributed by atoms with E-state index in [0.29, 0.717) is 6.54 Å². The van der Waals surface area contributed by atoms with Crippen LogP contribution in [0.5, 0.6) is 0 Å². The minimum atomic E-state index is 0.0458. The van der Waals surface area contributed by atoms with Gasteiger partial charge in [-0.3, -0.25) is 4.57 Å². The van der Waals surface area contributed by atoms with Crippen LogP contribution in [0.25, 0.3) is 0 Å². The van der Waals surface area contributed by atoms with Gasteiger partial charge >= 0.3 is 5.69 Å². The fourth-order valence-corrected chi connectivity index (χ4v) is 3.25. The molecule has 1 aliphatic rings. The second kappa shape index (κ2) is 5.87. The highest BCUT2D eigenvalue weighted by molar-refractivity contribution is 7.99. The van der Waals surface area contributed by atoms with Crippen LogP contribution in [-0.4, -0.2) is 25.9 Å². The first-order valence-electron chi connectivity index (χ1n) is 7.10. The first-order valence-corrected chi connectivity index (χ1v) is 8.26. The van der Waals surface area contributed by atoms with Gasteiger partial charge in [-0.2, -0.15) is 16.9 Å². The van der Waals surface area contributed by atoms with E-state index in [1.807, 2.05) is 16.3 Å². The smallest absolute Gasteiger partial charge is 0.278 e. The molecule has 0 N–H and O–H groups in total. The lowest BCUT2D eigenvalue weighted by molar-refractivity contribution is 0.604. The van der Waals surface area contributed by atoms with E-state index in [-0.39, 0.29) is 5.69 Å². The van der Waals surface area contributed by atoms with Gasteiger partial charge in [0.05, 0.1) is 6.54 Å². The van der Waals surface area contributed by atoms with E-state index in [1.54, 1.807) is 4.68 Å². The van der Waals surface area contributed by atoms with Crippen LogP contribution in [-0.2, 0) is 25.9 Å². The number of hydrogen-bond donors (Lipinski definition) is 0. The molecule has 0 radical (unpaired) electrons. The molecule has 4 nitrogen and oxygen atoms in total. The zero-order chi connectivity index (χ0) is 13.9. The third-order valence-corrected chi connectivity index (χ3v) is 4.60. The Balaban J connectivity index is 1.88. The van der Waals surface area contributed by atoms with Gasteiger partial charge < -0.3 is 0 Å². The summed E-state index contributed by atoms with van der Waals surface area (Å²) in [5.41, 5.74) is 2.68. The molecule has 2 heterocycles. The lowest BCUT2D eigenvalue weighted by atomic mass is 10.0. The van der Waals surface area contributed by atoms with E-state index in [4.69, 9.17) is 0 Å². The van der Waals surface area contributed by atoms with Crippen LogP contribution in [0.3, 0.4) is 0 Å². The zero-order valence-corrected chi connectivity index (χ0v) is 12.5. The number of hydrogen-bond acceptors (Lipinski definition) is 3. The highest BCUT2D eigenvalue weighted by atomic mass is 32.2. The Bertz CT molecular complexity index is 659. The van der Waals surface area contributed by atoms with Gasteiger partial charge in [0.15, 0.2) is 0 Å². The van der Waals surface area contributed by atoms with Gasteiger partial charge in [0.2, 0.25) is 0 Å². The SMILES string of the molecule is CCSCCn1nc2n(c1=O)CCc1ccccc1C2. The number of fused-ring (bicyclic) bond motifs is 2. The van der Waals surface area contributed by atoms with E-state index in [2.05, 4.69) is 36.3 Å². The molecule has 2 aromatic rings. The van der Waals surface area contributed by atoms with Gasteiger partial charge in [0.25, 0.3) is 0 Å². The summed E-state index contributed by atoms with van der Waals surface area (Å²) in [5.74, 6) is 2.93. The summed E-state index contributed by atoms with van der Waals surface area (Å²) in [6, 6.07) is 8.41. The van der Waals surface area contributed by atoms with Crippen molar-refractivity contribution in [3.05, 3.63) is 51.7 Å². The number of benzene rings is 1. The van der Waals surface area contributed by atoms with Crippen LogP contribution in [0.1, 0.15) is 23.9 Å². The van der Waals surface area contributed by atoms with Gasteiger partial charge in [-0.15, -0.1) is 0 Å². The molecule has 0 fully saturated rings. The average molecular weight is 289 g/mol. The minimum absolute atomic E-state index is 0.0458. The second-order valence-electron chi connectivity index (χ2n) is 4.97. The molecule has 0 spiro atoms. The van der Waals surface area contributed by atoms with E-state index in [1.165, 1.54) is 11.1 Å². The molecule has 1 aromatic heterocycles. The zero-order valence-electron chi connectivity index (χ0n) is 11.7. The molecule has 0 amide bonds. The second-order valence-corrected chi connectivity index (χ2v) is 6.36. The molecule has 0 saturated heterocycles. The molecule has 1 aliphatic heterocycles. The van der Waals surface area contributed by atoms with Crippen LogP contribution >= 0.6 is 11.8 Å². The topological polar surface area (TPSA) is 39.8 Å². The third kappa shape index (κ3) is 2.54. The van der Waals surface area contributed by atoms with Crippen LogP contribution < -0.4 is 5.69 Å². The van der Waals surface area contributed by atoms with Gasteiger partial charge in [0, 0.05) is 18.7 Å². The Morgan fingerprint density at radius 2 is 2.10 bits per heavy atom. The normalized spacial score (nSPS) is 13.7. The summed E-state index contributed by atoms with van der Waals surface area (Å²) >= 11 is 1.84. The molecule has 3 rings (SSSR count). The van der Waals surface area contributed by atoms with Crippen molar-refractivity contribution in [1.29, 1.82) is 0 Å². The molecule has 106 valence electrons. The lowest BCUT2D eigenvalue weighted by Gasteiger charge is -2.03. The van der Waals surface area contributed by atoms with Gasteiger partial charge in [-0.25, -0.2) is 9.48 Å². The molecule has 1 aromatic carbocycles. The van der Waals surface area contributed by atoms with Crippen molar-refractivity contribution in [1.82, 2.24) is 14.3 Å². The average Bonchev–Trinajstić information content (AvgIpc) is 2.65. The summed E-state index contributed by atoms with van der Waals surface area (Å²) in [6.07, 6.45) is 1.68. The van der Waals surface area contributed by atoms with E-state index < -0.39 is 0 Å². The predicted molar refractivity (Wildman–Crippen MR) is 82.4 cm³/mol. The molecule has 5 heteroatoms. The molecule has 0 aliphatic carbocycles. The Kier molecular flexibility index (Phi) is 3.96. The standard InChI is InChI=1S/C15H19N3OS/c1-2-20-10-9-18-15(19)17-8-7-12-5-3-4-6-13(12)11-14(17)16-18/h3-6H,2,7-11H2,1H3. The Morgan fingerprint density at radius 3 is 2.90 bits per heavy atom. The van der Waals surface area contributed by atoms with Crippen LogP contribution in [0.15, 0.2) is 29.1 Å². The maximum absolute atomic E-state index is 12.4. The fourth-order valence-electron chi connectivity index (χ4n) is 2.66. The van der Waals surface area contributed by atoms with Crippen LogP contribution in [0, 0.1) is 0 Å². The van der Waals surface area contributed by atoms with E-state index >= 15 is 0 Å². The largest absolute Gasteiger partial charge is 0.345 e. The monoisotopic (exact) mass is 289 g/mol. The molecule has 0 saturated carbocycles. The highest BCUT2D eigenvalue weighted by Gasteiger charge is 2.18. The summed E-state index contributed by atoms with van der Waals surface area (Å²) in [7, 11) is 0. The maximum Gasteiger partial charge on any atom is 0.345 e. The number of aryl methyl sites for hydroxylation is 2. The van der Waals surface area contributed by atoms with Crippen molar-refractivity contribution in [2.45, 2.75) is 32.9 Å². The number of thioether (sulfide) groups is 1. The third-order valence-electron chi connectivity index (χ3n) is 3.72. The molecular weight excluding hydrogens is 270 g/mol. The first kappa shape index (κ1) is 13.5.